The molecule has 0 saturated carbocycles. The molecular weight excluding hydrogens is 594 g/mol. The molecule has 1 heterocycles. The van der Waals surface area contributed by atoms with Gasteiger partial charge in [0.1, 0.15) is 12.4 Å². The van der Waals surface area contributed by atoms with E-state index in [1.807, 2.05) is 19.1 Å². The smallest absolute Gasteiger partial charge is 0.282 e. The number of ether oxygens (including phenoxy) is 2. The highest BCUT2D eigenvalue weighted by molar-refractivity contribution is 9.13. The fraction of sp³-hybridized carbons (Fsp3) is 0.227. The Bertz CT molecular complexity index is 1220. The molecule has 0 saturated heterocycles. The number of benzene rings is 2. The summed E-state index contributed by atoms with van der Waals surface area (Å²) in [5.74, 6) is 1.68. The predicted molar refractivity (Wildman–Crippen MR) is 135 cm³/mol. The first-order valence-corrected chi connectivity index (χ1v) is 11.8. The maximum atomic E-state index is 13.2. The normalized spacial score (nSPS) is 11.3. The van der Waals surface area contributed by atoms with Crippen LogP contribution in [0, 0.1) is 0 Å². The summed E-state index contributed by atoms with van der Waals surface area (Å²) in [6.45, 7) is 6.04. The van der Waals surface area contributed by atoms with Crippen LogP contribution in [-0.4, -0.2) is 29.6 Å². The van der Waals surface area contributed by atoms with Gasteiger partial charge in [0.15, 0.2) is 11.5 Å². The molecule has 6 nitrogen and oxygen atoms in total. The van der Waals surface area contributed by atoms with Crippen LogP contribution >= 0.6 is 47.8 Å². The third-order valence-electron chi connectivity index (χ3n) is 4.38. The van der Waals surface area contributed by atoms with Crippen molar-refractivity contribution in [3.05, 3.63) is 72.1 Å². The van der Waals surface area contributed by atoms with Gasteiger partial charge in [0.05, 0.1) is 28.7 Å². The molecule has 1 aromatic heterocycles. The molecule has 0 amide bonds. The Morgan fingerprint density at radius 1 is 1.23 bits per heavy atom. The zero-order valence-corrected chi connectivity index (χ0v) is 21.8. The molecule has 0 atom stereocenters. The zero-order chi connectivity index (χ0) is 22.5. The standard InChI is InChI=1S/C22H20Br3N3O3/c1-4-6-18-27-16-8-7-14(23)11-15(16)22(29)28(18)26-12-13-10-17(30-3)21(31-9-5-2)20(25)19(13)24/h5,7-8,10-12H,2,4,6,9H2,1,3H3. The number of nitrogens with zero attached hydrogens (tertiary/aromatic N) is 3. The Balaban J connectivity index is 2.13. The van der Waals surface area contributed by atoms with Gasteiger partial charge in [-0.25, -0.2) is 4.98 Å². The van der Waals surface area contributed by atoms with E-state index in [9.17, 15) is 4.79 Å². The first kappa shape index (κ1) is 23.7. The van der Waals surface area contributed by atoms with Crippen LogP contribution in [0.3, 0.4) is 0 Å². The molecule has 0 aliphatic carbocycles. The summed E-state index contributed by atoms with van der Waals surface area (Å²) in [5.41, 5.74) is 1.13. The van der Waals surface area contributed by atoms with Crippen LogP contribution in [0.2, 0.25) is 0 Å². The van der Waals surface area contributed by atoms with Crippen molar-refractivity contribution in [2.75, 3.05) is 13.7 Å². The van der Waals surface area contributed by atoms with Crippen molar-refractivity contribution in [2.45, 2.75) is 19.8 Å². The van der Waals surface area contributed by atoms with Gasteiger partial charge < -0.3 is 9.47 Å². The van der Waals surface area contributed by atoms with E-state index in [-0.39, 0.29) is 5.56 Å². The Morgan fingerprint density at radius 3 is 2.68 bits per heavy atom. The highest BCUT2D eigenvalue weighted by Crippen LogP contribution is 2.42. The summed E-state index contributed by atoms with van der Waals surface area (Å²) in [6, 6.07) is 7.24. The van der Waals surface area contributed by atoms with Gasteiger partial charge in [-0.15, -0.1) is 0 Å². The molecule has 0 radical (unpaired) electrons. The largest absolute Gasteiger partial charge is 0.493 e. The zero-order valence-electron chi connectivity index (χ0n) is 17.0. The van der Waals surface area contributed by atoms with Gasteiger partial charge in [-0.3, -0.25) is 4.79 Å². The molecule has 0 aliphatic rings. The van der Waals surface area contributed by atoms with Gasteiger partial charge in [-0.2, -0.15) is 9.78 Å². The quantitative estimate of drug-likeness (QED) is 0.228. The molecular formula is C22H20Br3N3O3. The number of aromatic nitrogens is 2. The fourth-order valence-corrected chi connectivity index (χ4v) is 4.24. The van der Waals surface area contributed by atoms with E-state index in [0.717, 1.165) is 15.4 Å². The average molecular weight is 614 g/mol. The van der Waals surface area contributed by atoms with Crippen molar-refractivity contribution in [3.8, 4) is 11.5 Å². The average Bonchev–Trinajstić information content (AvgIpc) is 2.76. The lowest BCUT2D eigenvalue weighted by molar-refractivity contribution is 0.324. The monoisotopic (exact) mass is 611 g/mol. The van der Waals surface area contributed by atoms with Gasteiger partial charge in [-0.1, -0.05) is 35.5 Å². The van der Waals surface area contributed by atoms with Crippen molar-refractivity contribution < 1.29 is 9.47 Å². The number of halogens is 3. The fourth-order valence-electron chi connectivity index (χ4n) is 2.95. The lowest BCUT2D eigenvalue weighted by Gasteiger charge is -2.14. The molecule has 0 bridgehead atoms. The summed E-state index contributed by atoms with van der Waals surface area (Å²) < 4.78 is 14.7. The summed E-state index contributed by atoms with van der Waals surface area (Å²) in [5, 5.41) is 4.98. The van der Waals surface area contributed by atoms with Gasteiger partial charge in [0.2, 0.25) is 0 Å². The Hall–Kier alpha value is -1.97. The third kappa shape index (κ3) is 5.10. The summed E-state index contributed by atoms with van der Waals surface area (Å²) in [4.78, 5) is 17.8. The van der Waals surface area contributed by atoms with Crippen LogP contribution in [0.25, 0.3) is 10.9 Å². The Labute approximate surface area is 205 Å². The molecule has 0 unspecified atom stereocenters. The van der Waals surface area contributed by atoms with Crippen LogP contribution < -0.4 is 15.0 Å². The van der Waals surface area contributed by atoms with E-state index < -0.39 is 0 Å². The number of hydrogen-bond donors (Lipinski definition) is 0. The Morgan fingerprint density at radius 2 is 2.00 bits per heavy atom. The summed E-state index contributed by atoms with van der Waals surface area (Å²) >= 11 is 10.5. The molecule has 0 fully saturated rings. The van der Waals surface area contributed by atoms with E-state index in [1.54, 1.807) is 31.5 Å². The topological polar surface area (TPSA) is 65.7 Å². The lowest BCUT2D eigenvalue weighted by Crippen LogP contribution is -2.22. The molecule has 0 spiro atoms. The van der Waals surface area contributed by atoms with Crippen molar-refractivity contribution in [2.24, 2.45) is 5.10 Å². The number of rotatable bonds is 8. The minimum Gasteiger partial charge on any atom is -0.493 e. The van der Waals surface area contributed by atoms with Crippen molar-refractivity contribution in [3.63, 3.8) is 0 Å². The van der Waals surface area contributed by atoms with Crippen LogP contribution in [0.5, 0.6) is 11.5 Å². The molecule has 9 heteroatoms. The van der Waals surface area contributed by atoms with E-state index >= 15 is 0 Å². The maximum absolute atomic E-state index is 13.2. The number of methoxy groups -OCH3 is 1. The van der Waals surface area contributed by atoms with E-state index in [2.05, 4.69) is 64.5 Å². The second kappa shape index (κ2) is 10.6. The number of hydrogen-bond acceptors (Lipinski definition) is 5. The Kier molecular flexibility index (Phi) is 8.07. The summed E-state index contributed by atoms with van der Waals surface area (Å²) in [6.07, 6.45) is 4.71. The second-order valence-electron chi connectivity index (χ2n) is 6.53. The van der Waals surface area contributed by atoms with Gasteiger partial charge in [0.25, 0.3) is 5.56 Å². The second-order valence-corrected chi connectivity index (χ2v) is 9.03. The molecule has 3 aromatic rings. The first-order chi connectivity index (χ1) is 14.9. The van der Waals surface area contributed by atoms with Crippen LogP contribution in [0.4, 0.5) is 0 Å². The van der Waals surface area contributed by atoms with Crippen LogP contribution in [0.1, 0.15) is 24.7 Å². The maximum Gasteiger partial charge on any atom is 0.282 e. The summed E-state index contributed by atoms with van der Waals surface area (Å²) in [7, 11) is 1.56. The van der Waals surface area contributed by atoms with Gasteiger partial charge in [-0.05, 0) is 62.5 Å². The highest BCUT2D eigenvalue weighted by Gasteiger charge is 2.17. The highest BCUT2D eigenvalue weighted by atomic mass is 79.9. The lowest BCUT2D eigenvalue weighted by atomic mass is 10.2. The van der Waals surface area contributed by atoms with E-state index in [1.165, 1.54) is 4.68 Å². The molecule has 2 aromatic carbocycles. The number of aryl methyl sites for hydroxylation is 1. The molecule has 162 valence electrons. The minimum absolute atomic E-state index is 0.223. The van der Waals surface area contributed by atoms with Crippen molar-refractivity contribution >= 4 is 64.9 Å². The molecule has 3 rings (SSSR count). The van der Waals surface area contributed by atoms with Crippen molar-refractivity contribution in [1.82, 2.24) is 9.66 Å². The van der Waals surface area contributed by atoms with Crippen LogP contribution in [-0.2, 0) is 6.42 Å². The minimum atomic E-state index is -0.223. The molecule has 0 N–H and O–H groups in total. The molecule has 0 aliphatic heterocycles. The third-order valence-corrected chi connectivity index (χ3v) is 7.02. The van der Waals surface area contributed by atoms with Crippen LogP contribution in [0.15, 0.2) is 60.2 Å². The molecule has 31 heavy (non-hydrogen) atoms. The number of fused-ring (bicyclic) bond motifs is 1. The van der Waals surface area contributed by atoms with E-state index in [4.69, 9.17) is 9.47 Å². The SMILES string of the molecule is C=CCOc1c(OC)cc(C=Nn2c(CCC)nc3ccc(Br)cc3c2=O)c(Br)c1Br. The van der Waals surface area contributed by atoms with Crippen molar-refractivity contribution in [1.29, 1.82) is 0 Å². The predicted octanol–water partition coefficient (Wildman–Crippen LogP) is 6.09. The van der Waals surface area contributed by atoms with Gasteiger partial charge in [0, 0.05) is 20.9 Å². The van der Waals surface area contributed by atoms with E-state index in [0.29, 0.717) is 51.3 Å². The van der Waals surface area contributed by atoms with Gasteiger partial charge >= 0.3 is 0 Å². The first-order valence-electron chi connectivity index (χ1n) is 9.46.